The molecular formula is C11H15BrN2O. The van der Waals surface area contributed by atoms with E-state index in [0.29, 0.717) is 6.04 Å². The Morgan fingerprint density at radius 2 is 2.33 bits per heavy atom. The van der Waals surface area contributed by atoms with Crippen molar-refractivity contribution < 1.29 is 4.74 Å². The number of anilines is 1. The number of halogens is 1. The molecule has 0 N–H and O–H groups in total. The van der Waals surface area contributed by atoms with Crippen LogP contribution in [0.3, 0.4) is 0 Å². The molecule has 0 radical (unpaired) electrons. The van der Waals surface area contributed by atoms with Gasteiger partial charge in [-0.1, -0.05) is 15.9 Å². The molecule has 82 valence electrons. The molecule has 0 aromatic carbocycles. The molecule has 3 nitrogen and oxygen atoms in total. The van der Waals surface area contributed by atoms with Gasteiger partial charge in [-0.25, -0.2) is 4.98 Å². The number of hydrogen-bond acceptors (Lipinski definition) is 3. The van der Waals surface area contributed by atoms with Crippen LogP contribution in [0.5, 0.6) is 0 Å². The van der Waals surface area contributed by atoms with E-state index in [1.165, 1.54) is 0 Å². The van der Waals surface area contributed by atoms with Crippen LogP contribution in [0.2, 0.25) is 0 Å². The lowest BCUT2D eigenvalue weighted by Gasteiger charge is -2.37. The van der Waals surface area contributed by atoms with Crippen LogP contribution in [0.1, 0.15) is 13.8 Å². The minimum atomic E-state index is 0.280. The lowest BCUT2D eigenvalue weighted by Crippen LogP contribution is -2.47. The van der Waals surface area contributed by atoms with E-state index in [2.05, 4.69) is 45.7 Å². The summed E-state index contributed by atoms with van der Waals surface area (Å²) in [6, 6.07) is 4.38. The van der Waals surface area contributed by atoms with Crippen molar-refractivity contribution in [1.29, 1.82) is 0 Å². The van der Waals surface area contributed by atoms with Gasteiger partial charge in [0, 0.05) is 17.2 Å². The van der Waals surface area contributed by atoms with E-state index in [9.17, 15) is 0 Å². The summed E-state index contributed by atoms with van der Waals surface area (Å²) in [5.41, 5.74) is 0. The zero-order chi connectivity index (χ0) is 10.8. The predicted octanol–water partition coefficient (Wildman–Crippen LogP) is 2.46. The van der Waals surface area contributed by atoms with Crippen molar-refractivity contribution in [2.45, 2.75) is 26.0 Å². The molecule has 1 aromatic heterocycles. The fourth-order valence-corrected chi connectivity index (χ4v) is 2.10. The van der Waals surface area contributed by atoms with Gasteiger partial charge in [-0.05, 0) is 26.0 Å². The van der Waals surface area contributed by atoms with Crippen LogP contribution in [0.4, 0.5) is 5.82 Å². The summed E-state index contributed by atoms with van der Waals surface area (Å²) in [6.45, 7) is 5.94. The summed E-state index contributed by atoms with van der Waals surface area (Å²) in [5, 5.41) is 0. The minimum Gasteiger partial charge on any atom is -0.375 e. The summed E-state index contributed by atoms with van der Waals surface area (Å²) in [4.78, 5) is 6.68. The first-order valence-electron chi connectivity index (χ1n) is 5.16. The molecule has 0 amide bonds. The molecule has 1 saturated heterocycles. The lowest BCUT2D eigenvalue weighted by atomic mass is 10.2. The number of hydrogen-bond donors (Lipinski definition) is 0. The van der Waals surface area contributed by atoms with E-state index in [1.54, 1.807) is 0 Å². The number of nitrogens with zero attached hydrogens (tertiary/aromatic N) is 2. The van der Waals surface area contributed by atoms with E-state index < -0.39 is 0 Å². The Labute approximate surface area is 98.6 Å². The van der Waals surface area contributed by atoms with Crippen molar-refractivity contribution in [3.05, 3.63) is 22.8 Å². The fraction of sp³-hybridized carbons (Fsp3) is 0.545. The van der Waals surface area contributed by atoms with Gasteiger partial charge in [0.05, 0.1) is 18.8 Å². The zero-order valence-corrected chi connectivity index (χ0v) is 10.6. The Morgan fingerprint density at radius 3 is 3.07 bits per heavy atom. The molecule has 0 spiro atoms. The highest BCUT2D eigenvalue weighted by molar-refractivity contribution is 9.10. The van der Waals surface area contributed by atoms with Gasteiger partial charge in [0.25, 0.3) is 0 Å². The molecule has 2 atom stereocenters. The molecule has 2 heterocycles. The summed E-state index contributed by atoms with van der Waals surface area (Å²) < 4.78 is 6.66. The van der Waals surface area contributed by atoms with Crippen molar-refractivity contribution >= 4 is 21.7 Å². The number of morpholine rings is 1. The highest BCUT2D eigenvalue weighted by Gasteiger charge is 2.24. The third-order valence-corrected chi connectivity index (χ3v) is 3.10. The third-order valence-electron chi connectivity index (χ3n) is 2.61. The van der Waals surface area contributed by atoms with Gasteiger partial charge in [0.1, 0.15) is 5.82 Å². The molecule has 4 heteroatoms. The topological polar surface area (TPSA) is 25.4 Å². The Morgan fingerprint density at radius 1 is 1.53 bits per heavy atom. The zero-order valence-electron chi connectivity index (χ0n) is 8.98. The third kappa shape index (κ3) is 2.49. The number of aromatic nitrogens is 1. The quantitative estimate of drug-likeness (QED) is 0.784. The second-order valence-corrected chi connectivity index (χ2v) is 4.89. The summed E-state index contributed by atoms with van der Waals surface area (Å²) in [7, 11) is 0. The number of rotatable bonds is 1. The smallest absolute Gasteiger partial charge is 0.130 e. The number of ether oxygens (including phenoxy) is 1. The van der Waals surface area contributed by atoms with Crippen LogP contribution in [-0.4, -0.2) is 30.3 Å². The first-order chi connectivity index (χ1) is 7.16. The van der Waals surface area contributed by atoms with Gasteiger partial charge in [-0.3, -0.25) is 0 Å². The van der Waals surface area contributed by atoms with E-state index in [1.807, 2.05) is 12.3 Å². The molecular weight excluding hydrogens is 256 g/mol. The van der Waals surface area contributed by atoms with Crippen molar-refractivity contribution in [3.8, 4) is 0 Å². The van der Waals surface area contributed by atoms with Gasteiger partial charge in [-0.15, -0.1) is 0 Å². The summed E-state index contributed by atoms with van der Waals surface area (Å²) in [5.74, 6) is 1.02. The second kappa shape index (κ2) is 4.49. The van der Waals surface area contributed by atoms with E-state index >= 15 is 0 Å². The molecule has 1 fully saturated rings. The van der Waals surface area contributed by atoms with Gasteiger partial charge >= 0.3 is 0 Å². The second-order valence-electron chi connectivity index (χ2n) is 3.98. The Hall–Kier alpha value is -0.610. The predicted molar refractivity (Wildman–Crippen MR) is 64.2 cm³/mol. The van der Waals surface area contributed by atoms with Crippen LogP contribution >= 0.6 is 15.9 Å². The monoisotopic (exact) mass is 270 g/mol. The maximum absolute atomic E-state index is 5.59. The van der Waals surface area contributed by atoms with E-state index in [-0.39, 0.29) is 6.10 Å². The molecule has 1 aliphatic rings. The highest BCUT2D eigenvalue weighted by Crippen LogP contribution is 2.22. The molecule has 0 saturated carbocycles. The molecule has 0 bridgehead atoms. The maximum atomic E-state index is 5.59. The van der Waals surface area contributed by atoms with Crippen LogP contribution < -0.4 is 4.90 Å². The van der Waals surface area contributed by atoms with Gasteiger partial charge in [0.2, 0.25) is 0 Å². The summed E-state index contributed by atoms with van der Waals surface area (Å²) in [6.07, 6.45) is 2.11. The van der Waals surface area contributed by atoms with Crippen LogP contribution in [0.15, 0.2) is 22.8 Å². The van der Waals surface area contributed by atoms with Crippen molar-refractivity contribution in [1.82, 2.24) is 4.98 Å². The first-order valence-corrected chi connectivity index (χ1v) is 5.96. The minimum absolute atomic E-state index is 0.280. The van der Waals surface area contributed by atoms with Gasteiger partial charge in [-0.2, -0.15) is 0 Å². The van der Waals surface area contributed by atoms with Crippen LogP contribution in [0.25, 0.3) is 0 Å². The normalized spacial score (nSPS) is 26.7. The maximum Gasteiger partial charge on any atom is 0.130 e. The van der Waals surface area contributed by atoms with Gasteiger partial charge < -0.3 is 9.64 Å². The Kier molecular flexibility index (Phi) is 3.26. The Balaban J connectivity index is 2.21. The molecule has 1 unspecified atom stereocenters. The molecule has 0 aliphatic carbocycles. The van der Waals surface area contributed by atoms with Crippen molar-refractivity contribution in [3.63, 3.8) is 0 Å². The molecule has 1 aromatic rings. The molecule has 2 rings (SSSR count). The summed E-state index contributed by atoms with van der Waals surface area (Å²) >= 11 is 3.47. The Bertz CT molecular complexity index is 345. The van der Waals surface area contributed by atoms with Crippen molar-refractivity contribution in [2.75, 3.05) is 18.1 Å². The standard InChI is InChI=1S/C11H15BrN2O/c1-8-7-15-9(2)6-14(8)11-5-10(12)3-4-13-11/h3-5,8-9H,6-7H2,1-2H3/t8?,9-/m1/s1. The fourth-order valence-electron chi connectivity index (χ4n) is 1.77. The van der Waals surface area contributed by atoms with Crippen molar-refractivity contribution in [2.24, 2.45) is 0 Å². The van der Waals surface area contributed by atoms with Crippen LogP contribution in [-0.2, 0) is 4.74 Å². The van der Waals surface area contributed by atoms with E-state index in [4.69, 9.17) is 4.74 Å². The van der Waals surface area contributed by atoms with Gasteiger partial charge in [0.15, 0.2) is 0 Å². The molecule has 15 heavy (non-hydrogen) atoms. The average molecular weight is 271 g/mol. The highest BCUT2D eigenvalue weighted by atomic mass is 79.9. The lowest BCUT2D eigenvalue weighted by molar-refractivity contribution is 0.0340. The average Bonchev–Trinajstić information content (AvgIpc) is 2.22. The SMILES string of the molecule is CC1CO[C@H](C)CN1c1cc(Br)ccn1. The first kappa shape index (κ1) is 10.9. The largest absolute Gasteiger partial charge is 0.375 e. The number of pyridine rings is 1. The van der Waals surface area contributed by atoms with Crippen LogP contribution in [0, 0.1) is 0 Å². The molecule has 1 aliphatic heterocycles. The van der Waals surface area contributed by atoms with E-state index in [0.717, 1.165) is 23.4 Å².